The minimum atomic E-state index is -0.0925. The van der Waals surface area contributed by atoms with Crippen molar-refractivity contribution >= 4 is 67.9 Å². The Kier molecular flexibility index (Phi) is 8.05. The highest BCUT2D eigenvalue weighted by atomic mass is 35.5. The summed E-state index contributed by atoms with van der Waals surface area (Å²) in [6.07, 6.45) is 4.70. The average Bonchev–Trinajstić information content (AvgIpc) is 3.41. The quantitative estimate of drug-likeness (QED) is 0.164. The minimum absolute atomic E-state index is 0.0217. The summed E-state index contributed by atoms with van der Waals surface area (Å²) in [6, 6.07) is 60.8. The van der Waals surface area contributed by atoms with E-state index >= 15 is 0 Å². The van der Waals surface area contributed by atoms with E-state index < -0.39 is 0 Å². The van der Waals surface area contributed by atoms with Gasteiger partial charge in [0.2, 0.25) is 0 Å². The van der Waals surface area contributed by atoms with Crippen LogP contribution in [-0.4, -0.2) is 5.54 Å². The van der Waals surface area contributed by atoms with Crippen molar-refractivity contribution in [3.63, 3.8) is 0 Å². The smallest absolute Gasteiger partial charge is 0.0886 e. The molecule has 1 saturated carbocycles. The van der Waals surface area contributed by atoms with Crippen molar-refractivity contribution in [1.29, 1.82) is 0 Å². The van der Waals surface area contributed by atoms with Gasteiger partial charge < -0.3 is 14.7 Å². The summed E-state index contributed by atoms with van der Waals surface area (Å²) in [7, 11) is 0. The molecule has 0 saturated heterocycles. The van der Waals surface area contributed by atoms with Crippen LogP contribution in [0.25, 0.3) is 10.8 Å². The largest absolute Gasteiger partial charge is 0.333 e. The van der Waals surface area contributed by atoms with Gasteiger partial charge in [0.05, 0.1) is 21.9 Å². The molecule has 0 radical (unpaired) electrons. The molecule has 4 heteroatoms. The number of halogens is 1. The summed E-state index contributed by atoms with van der Waals surface area (Å²) in [5.74, 6) is 0. The Morgan fingerprint density at radius 2 is 1.06 bits per heavy atom. The second kappa shape index (κ2) is 12.9. The van der Waals surface area contributed by atoms with Crippen molar-refractivity contribution in [2.24, 2.45) is 0 Å². The Balaban J connectivity index is 1.23. The lowest BCUT2D eigenvalue weighted by molar-refractivity contribution is 0.195. The van der Waals surface area contributed by atoms with Crippen LogP contribution in [-0.2, 0) is 5.41 Å². The van der Waals surface area contributed by atoms with E-state index in [4.69, 9.17) is 11.6 Å². The van der Waals surface area contributed by atoms with Crippen molar-refractivity contribution in [3.05, 3.63) is 180 Å². The molecule has 7 aromatic carbocycles. The zero-order chi connectivity index (χ0) is 35.3. The number of nitrogens with zero attached hydrogens (tertiary/aromatic N) is 3. The first kappa shape index (κ1) is 32.4. The van der Waals surface area contributed by atoms with Gasteiger partial charge in [0.1, 0.15) is 0 Å². The van der Waals surface area contributed by atoms with Gasteiger partial charge in [0.15, 0.2) is 0 Å². The van der Waals surface area contributed by atoms with Gasteiger partial charge in [-0.25, -0.2) is 0 Å². The predicted octanol–water partition coefficient (Wildman–Crippen LogP) is 14.2. The van der Waals surface area contributed by atoms with Gasteiger partial charge in [-0.15, -0.1) is 0 Å². The third-order valence-corrected chi connectivity index (χ3v) is 12.2. The first-order valence-corrected chi connectivity index (χ1v) is 18.8. The van der Waals surface area contributed by atoms with E-state index in [-0.39, 0.29) is 11.0 Å². The molecule has 3 nitrogen and oxygen atoms in total. The Hall–Kier alpha value is -5.51. The van der Waals surface area contributed by atoms with Gasteiger partial charge in [-0.2, -0.15) is 0 Å². The van der Waals surface area contributed by atoms with Crippen molar-refractivity contribution in [3.8, 4) is 0 Å². The van der Waals surface area contributed by atoms with Crippen molar-refractivity contribution in [2.75, 3.05) is 14.7 Å². The lowest BCUT2D eigenvalue weighted by Gasteiger charge is -2.50. The second-order valence-electron chi connectivity index (χ2n) is 14.7. The lowest BCUT2D eigenvalue weighted by atomic mass is 9.61. The van der Waals surface area contributed by atoms with E-state index in [0.717, 1.165) is 57.7 Å². The maximum Gasteiger partial charge on any atom is 0.0886 e. The fraction of sp³-hybridized carbons (Fsp3) is 0.167. The highest BCUT2D eigenvalue weighted by molar-refractivity contribution is 6.37. The molecule has 0 aromatic heterocycles. The number of anilines is 8. The topological polar surface area (TPSA) is 9.72 Å². The Morgan fingerprint density at radius 1 is 0.500 bits per heavy atom. The average molecular weight is 696 g/mol. The van der Waals surface area contributed by atoms with Crippen LogP contribution in [0.3, 0.4) is 0 Å². The highest BCUT2D eigenvalue weighted by Gasteiger charge is 2.58. The molecule has 256 valence electrons. The molecule has 1 aliphatic heterocycles. The van der Waals surface area contributed by atoms with Gasteiger partial charge in [-0.1, -0.05) is 128 Å². The van der Waals surface area contributed by atoms with Crippen LogP contribution in [0.5, 0.6) is 0 Å². The van der Waals surface area contributed by atoms with Gasteiger partial charge in [0, 0.05) is 39.5 Å². The first-order valence-electron chi connectivity index (χ1n) is 18.4. The second-order valence-corrected chi connectivity index (χ2v) is 15.1. The van der Waals surface area contributed by atoms with Gasteiger partial charge >= 0.3 is 0 Å². The summed E-state index contributed by atoms with van der Waals surface area (Å²) in [5.41, 5.74) is 9.88. The normalized spacial score (nSPS) is 19.2. The van der Waals surface area contributed by atoms with Crippen LogP contribution < -0.4 is 14.7 Å². The van der Waals surface area contributed by atoms with E-state index in [0.29, 0.717) is 0 Å². The molecule has 2 aliphatic rings. The SMILES string of the molecule is CC12CCCCC1(C)N(c1ccccc1)c1c2ccc(N(c2ccccc2)c2cccc(N(c3ccccc3)c3ccc4ccccc4c3)c2)c1Cl. The van der Waals surface area contributed by atoms with Crippen molar-refractivity contribution < 1.29 is 0 Å². The standard InChI is InChI=1S/C48H42ClN3/c1-47-31-14-15-32-48(47,2)52(39-23-10-5-11-24-39)46-43(47)29-30-44(45(46)49)51(38-21-8-4-9-22-38)41-26-16-25-40(34-41)50(37-19-6-3-7-20-37)42-28-27-35-17-12-13-18-36(35)33-42/h3-13,16-30,33-34H,14-15,31-32H2,1-2H3. The molecule has 2 atom stereocenters. The number of hydrogen-bond donors (Lipinski definition) is 0. The number of benzene rings is 7. The van der Waals surface area contributed by atoms with Gasteiger partial charge in [-0.05, 0) is 109 Å². The highest BCUT2D eigenvalue weighted by Crippen LogP contribution is 2.63. The lowest BCUT2D eigenvalue weighted by Crippen LogP contribution is -2.54. The summed E-state index contributed by atoms with van der Waals surface area (Å²) < 4.78 is 0. The molecule has 9 rings (SSSR count). The van der Waals surface area contributed by atoms with E-state index in [1.54, 1.807) is 0 Å². The molecular formula is C48H42ClN3. The fourth-order valence-electron chi connectivity index (χ4n) is 9.02. The van der Waals surface area contributed by atoms with Crippen LogP contribution in [0, 0.1) is 0 Å². The van der Waals surface area contributed by atoms with E-state index in [2.05, 4.69) is 198 Å². The maximum absolute atomic E-state index is 7.84. The summed E-state index contributed by atoms with van der Waals surface area (Å²) in [4.78, 5) is 7.24. The van der Waals surface area contributed by atoms with E-state index in [1.807, 2.05) is 0 Å². The molecule has 0 bridgehead atoms. The van der Waals surface area contributed by atoms with Crippen LogP contribution >= 0.6 is 11.6 Å². The summed E-state index contributed by atoms with van der Waals surface area (Å²) in [6.45, 7) is 4.92. The minimum Gasteiger partial charge on any atom is -0.333 e. The predicted molar refractivity (Wildman–Crippen MR) is 221 cm³/mol. The maximum atomic E-state index is 7.84. The number of hydrogen-bond acceptors (Lipinski definition) is 3. The molecule has 7 aromatic rings. The Bertz CT molecular complexity index is 2380. The molecule has 0 amide bonds. The Morgan fingerprint density at radius 3 is 1.77 bits per heavy atom. The van der Waals surface area contributed by atoms with Crippen LogP contribution in [0.4, 0.5) is 45.5 Å². The number of para-hydroxylation sites is 3. The third-order valence-electron chi connectivity index (χ3n) is 11.8. The van der Waals surface area contributed by atoms with Gasteiger partial charge in [-0.3, -0.25) is 0 Å². The molecule has 2 unspecified atom stereocenters. The first-order chi connectivity index (χ1) is 25.5. The number of rotatable bonds is 7. The van der Waals surface area contributed by atoms with Crippen molar-refractivity contribution in [2.45, 2.75) is 50.5 Å². The van der Waals surface area contributed by atoms with Gasteiger partial charge in [0.25, 0.3) is 0 Å². The van der Waals surface area contributed by atoms with E-state index in [9.17, 15) is 0 Å². The van der Waals surface area contributed by atoms with Crippen LogP contribution in [0.2, 0.25) is 5.02 Å². The fourth-order valence-corrected chi connectivity index (χ4v) is 9.35. The monoisotopic (exact) mass is 695 g/mol. The molecule has 1 heterocycles. The van der Waals surface area contributed by atoms with Crippen LogP contribution in [0.1, 0.15) is 45.1 Å². The molecule has 52 heavy (non-hydrogen) atoms. The summed E-state index contributed by atoms with van der Waals surface area (Å²) in [5, 5.41) is 3.21. The van der Waals surface area contributed by atoms with E-state index in [1.165, 1.54) is 34.9 Å². The Labute approximate surface area is 312 Å². The zero-order valence-electron chi connectivity index (χ0n) is 29.7. The molecule has 0 spiro atoms. The van der Waals surface area contributed by atoms with Crippen molar-refractivity contribution in [1.82, 2.24) is 0 Å². The molecular weight excluding hydrogens is 654 g/mol. The van der Waals surface area contributed by atoms with Crippen LogP contribution in [0.15, 0.2) is 170 Å². The molecule has 1 fully saturated rings. The molecule has 0 N–H and O–H groups in total. The number of fused-ring (bicyclic) bond motifs is 4. The molecule has 1 aliphatic carbocycles. The summed E-state index contributed by atoms with van der Waals surface area (Å²) >= 11 is 7.84. The zero-order valence-corrected chi connectivity index (χ0v) is 30.5. The third kappa shape index (κ3) is 5.18.